The summed E-state index contributed by atoms with van der Waals surface area (Å²) in [5, 5.41) is 2.36. The third kappa shape index (κ3) is 5.98. The highest BCUT2D eigenvalue weighted by molar-refractivity contribution is 6.15. The highest BCUT2D eigenvalue weighted by atomic mass is 16.6. The summed E-state index contributed by atoms with van der Waals surface area (Å²) in [6, 6.07) is 8.02. The Bertz CT molecular complexity index is 564. The van der Waals surface area contributed by atoms with Gasteiger partial charge in [0.15, 0.2) is 0 Å². The highest BCUT2D eigenvalue weighted by Gasteiger charge is 2.25. The third-order valence-corrected chi connectivity index (χ3v) is 2.62. The predicted molar refractivity (Wildman–Crippen MR) is 87.2 cm³/mol. The lowest BCUT2D eigenvalue weighted by molar-refractivity contribution is -0.117. The fraction of sp³-hybridized carbons (Fsp3) is 0.438. The smallest absolute Gasteiger partial charge is 0.408 e. The van der Waals surface area contributed by atoms with E-state index in [0.717, 1.165) is 4.90 Å². The second-order valence-corrected chi connectivity index (χ2v) is 6.10. The minimum Gasteiger partial charge on any atom is -0.444 e. The average Bonchev–Trinajstić information content (AvgIpc) is 2.44. The Balaban J connectivity index is 2.82. The third-order valence-electron chi connectivity index (χ3n) is 2.62. The quantitative estimate of drug-likeness (QED) is 0.926. The standard InChI is InChI=1S/C16H23N3O4/c1-16(2,3)23-14(21)17-11-13(20)19(15(22)18(4)5)12-9-7-6-8-10-12/h6-10H,11H2,1-5H3,(H,17,21). The van der Waals surface area contributed by atoms with Crippen molar-refractivity contribution in [3.63, 3.8) is 0 Å². The van der Waals surface area contributed by atoms with Crippen LogP contribution in [0.5, 0.6) is 0 Å². The molecule has 23 heavy (non-hydrogen) atoms. The molecule has 1 aromatic carbocycles. The van der Waals surface area contributed by atoms with Gasteiger partial charge in [-0.3, -0.25) is 4.79 Å². The second kappa shape index (κ2) is 7.62. The van der Waals surface area contributed by atoms with Crippen molar-refractivity contribution in [3.8, 4) is 0 Å². The number of hydrogen-bond acceptors (Lipinski definition) is 4. The van der Waals surface area contributed by atoms with E-state index in [-0.39, 0.29) is 6.54 Å². The Hall–Kier alpha value is -2.57. The number of carbonyl (C=O) groups excluding carboxylic acids is 3. The van der Waals surface area contributed by atoms with Gasteiger partial charge in [0.05, 0.1) is 5.69 Å². The highest BCUT2D eigenvalue weighted by Crippen LogP contribution is 2.15. The van der Waals surface area contributed by atoms with E-state index in [1.807, 2.05) is 0 Å². The molecule has 1 N–H and O–H groups in total. The molecule has 0 heterocycles. The Kier molecular flexibility index (Phi) is 6.12. The van der Waals surface area contributed by atoms with Crippen molar-refractivity contribution in [1.29, 1.82) is 0 Å². The normalized spacial score (nSPS) is 10.7. The number of ether oxygens (including phenoxy) is 1. The number of rotatable bonds is 3. The van der Waals surface area contributed by atoms with Crippen molar-refractivity contribution in [2.45, 2.75) is 26.4 Å². The number of hydrogen-bond donors (Lipinski definition) is 1. The second-order valence-electron chi connectivity index (χ2n) is 6.10. The van der Waals surface area contributed by atoms with Crippen LogP contribution < -0.4 is 10.2 Å². The largest absolute Gasteiger partial charge is 0.444 e. The molecule has 0 saturated heterocycles. The Morgan fingerprint density at radius 3 is 2.13 bits per heavy atom. The molecule has 0 unspecified atom stereocenters. The molecule has 126 valence electrons. The summed E-state index contributed by atoms with van der Waals surface area (Å²) in [7, 11) is 3.10. The number of benzene rings is 1. The Labute approximate surface area is 136 Å². The fourth-order valence-electron chi connectivity index (χ4n) is 1.68. The van der Waals surface area contributed by atoms with Crippen molar-refractivity contribution >= 4 is 23.7 Å². The van der Waals surface area contributed by atoms with Crippen LogP contribution in [0.3, 0.4) is 0 Å². The van der Waals surface area contributed by atoms with Crippen LogP contribution in [0.2, 0.25) is 0 Å². The van der Waals surface area contributed by atoms with Gasteiger partial charge < -0.3 is 15.0 Å². The zero-order chi connectivity index (χ0) is 17.6. The molecule has 0 fully saturated rings. The molecule has 0 aromatic heterocycles. The first-order valence-corrected chi connectivity index (χ1v) is 7.18. The van der Waals surface area contributed by atoms with Crippen LogP contribution >= 0.6 is 0 Å². The lowest BCUT2D eigenvalue weighted by Crippen LogP contribution is -2.48. The zero-order valence-corrected chi connectivity index (χ0v) is 14.1. The van der Waals surface area contributed by atoms with Gasteiger partial charge >= 0.3 is 12.1 Å². The van der Waals surface area contributed by atoms with E-state index in [1.54, 1.807) is 65.2 Å². The minimum atomic E-state index is -0.712. The average molecular weight is 321 g/mol. The van der Waals surface area contributed by atoms with E-state index in [2.05, 4.69) is 5.32 Å². The van der Waals surface area contributed by atoms with Crippen molar-refractivity contribution in [3.05, 3.63) is 30.3 Å². The van der Waals surface area contributed by atoms with Gasteiger partial charge in [-0.1, -0.05) is 18.2 Å². The molecule has 0 aliphatic rings. The van der Waals surface area contributed by atoms with Gasteiger partial charge in [-0.25, -0.2) is 14.5 Å². The van der Waals surface area contributed by atoms with Gasteiger partial charge in [0, 0.05) is 14.1 Å². The van der Waals surface area contributed by atoms with E-state index in [1.165, 1.54) is 4.90 Å². The first-order valence-electron chi connectivity index (χ1n) is 7.18. The molecule has 0 radical (unpaired) electrons. The monoisotopic (exact) mass is 321 g/mol. The van der Waals surface area contributed by atoms with Crippen LogP contribution in [0, 0.1) is 0 Å². The molecular weight excluding hydrogens is 298 g/mol. The van der Waals surface area contributed by atoms with Crippen LogP contribution in [0.25, 0.3) is 0 Å². The number of para-hydroxylation sites is 1. The van der Waals surface area contributed by atoms with Crippen molar-refractivity contribution < 1.29 is 19.1 Å². The number of anilines is 1. The van der Waals surface area contributed by atoms with E-state index >= 15 is 0 Å². The van der Waals surface area contributed by atoms with Crippen LogP contribution in [0.1, 0.15) is 20.8 Å². The van der Waals surface area contributed by atoms with Crippen LogP contribution in [0.4, 0.5) is 15.3 Å². The van der Waals surface area contributed by atoms with Crippen molar-refractivity contribution in [1.82, 2.24) is 10.2 Å². The maximum absolute atomic E-state index is 12.4. The number of carbonyl (C=O) groups is 3. The molecule has 7 heteroatoms. The first-order chi connectivity index (χ1) is 10.6. The van der Waals surface area contributed by atoms with E-state index in [0.29, 0.717) is 5.69 Å². The Morgan fingerprint density at radius 2 is 1.65 bits per heavy atom. The molecular formula is C16H23N3O4. The first kappa shape index (κ1) is 18.5. The molecule has 0 spiro atoms. The lowest BCUT2D eigenvalue weighted by atomic mass is 10.2. The number of amides is 4. The van der Waals surface area contributed by atoms with E-state index in [9.17, 15) is 14.4 Å². The zero-order valence-electron chi connectivity index (χ0n) is 14.1. The number of nitrogens with zero attached hydrogens (tertiary/aromatic N) is 2. The van der Waals surface area contributed by atoms with Gasteiger partial charge in [0.2, 0.25) is 0 Å². The topological polar surface area (TPSA) is 79.0 Å². The summed E-state index contributed by atoms with van der Waals surface area (Å²) >= 11 is 0. The maximum Gasteiger partial charge on any atom is 0.408 e. The van der Waals surface area contributed by atoms with Gasteiger partial charge in [0.25, 0.3) is 5.91 Å². The lowest BCUT2D eigenvalue weighted by Gasteiger charge is -2.25. The molecule has 0 bridgehead atoms. The Morgan fingerprint density at radius 1 is 1.09 bits per heavy atom. The number of imide groups is 1. The van der Waals surface area contributed by atoms with Crippen LogP contribution in [-0.4, -0.2) is 49.2 Å². The summed E-state index contributed by atoms with van der Waals surface area (Å²) < 4.78 is 5.07. The molecule has 0 saturated carbocycles. The molecule has 0 aliphatic heterocycles. The van der Waals surface area contributed by atoms with Gasteiger partial charge in [0.1, 0.15) is 12.1 Å². The summed E-state index contributed by atoms with van der Waals surface area (Å²) in [4.78, 5) is 38.5. The van der Waals surface area contributed by atoms with Crippen LogP contribution in [0.15, 0.2) is 30.3 Å². The molecule has 1 aromatic rings. The maximum atomic E-state index is 12.4. The predicted octanol–water partition coefficient (Wildman–Crippen LogP) is 2.23. The minimum absolute atomic E-state index is 0.344. The van der Waals surface area contributed by atoms with E-state index in [4.69, 9.17) is 4.74 Å². The molecule has 0 aliphatic carbocycles. The van der Waals surface area contributed by atoms with Gasteiger partial charge in [-0.05, 0) is 32.9 Å². The SMILES string of the molecule is CN(C)C(=O)N(C(=O)CNC(=O)OC(C)(C)C)c1ccccc1. The van der Waals surface area contributed by atoms with Crippen molar-refractivity contribution in [2.24, 2.45) is 0 Å². The van der Waals surface area contributed by atoms with E-state index < -0.39 is 23.6 Å². The number of urea groups is 1. The number of alkyl carbamates (subject to hydrolysis) is 1. The van der Waals surface area contributed by atoms with Gasteiger partial charge in [-0.2, -0.15) is 0 Å². The summed E-state index contributed by atoms with van der Waals surface area (Å²) in [6.45, 7) is 4.82. The van der Waals surface area contributed by atoms with Gasteiger partial charge in [-0.15, -0.1) is 0 Å². The fourth-order valence-corrected chi connectivity index (χ4v) is 1.68. The van der Waals surface area contributed by atoms with Crippen LogP contribution in [-0.2, 0) is 9.53 Å². The molecule has 1 rings (SSSR count). The summed E-state index contributed by atoms with van der Waals surface area (Å²) in [5.74, 6) is -0.555. The summed E-state index contributed by atoms with van der Waals surface area (Å²) in [5.41, 5.74) is -0.228. The molecule has 0 atom stereocenters. The number of nitrogens with one attached hydrogen (secondary N) is 1. The molecule has 7 nitrogen and oxygen atoms in total. The summed E-state index contributed by atoms with van der Waals surface area (Å²) in [6.07, 6.45) is -0.712. The van der Waals surface area contributed by atoms with Crippen molar-refractivity contribution in [2.75, 3.05) is 25.5 Å². The molecule has 4 amide bonds.